The first-order valence-corrected chi connectivity index (χ1v) is 12.1. The molecule has 3 aromatic carbocycles. The van der Waals surface area contributed by atoms with Gasteiger partial charge in [-0.25, -0.2) is 0 Å². The summed E-state index contributed by atoms with van der Waals surface area (Å²) in [6.07, 6.45) is 3.35. The van der Waals surface area contributed by atoms with E-state index < -0.39 is 0 Å². The minimum absolute atomic E-state index is 0.0986. The number of hydrogen-bond acceptors (Lipinski definition) is 3. The van der Waals surface area contributed by atoms with Crippen molar-refractivity contribution in [1.82, 2.24) is 0 Å². The second-order valence-electron chi connectivity index (χ2n) is 8.14. The zero-order valence-electron chi connectivity index (χ0n) is 18.5. The number of carbonyl (C=O) groups is 2. The highest BCUT2D eigenvalue weighted by Crippen LogP contribution is 2.42. The summed E-state index contributed by atoms with van der Waals surface area (Å²) in [4.78, 5) is 27.2. The molecule has 164 valence electrons. The molecule has 0 spiro atoms. The van der Waals surface area contributed by atoms with Crippen LogP contribution in [0.4, 0.5) is 11.4 Å². The van der Waals surface area contributed by atoms with Gasteiger partial charge in [-0.15, -0.1) is 11.8 Å². The molecule has 0 radical (unpaired) electrons. The van der Waals surface area contributed by atoms with Gasteiger partial charge in [0.25, 0.3) is 5.91 Å². The van der Waals surface area contributed by atoms with E-state index in [1.165, 1.54) is 5.56 Å². The smallest absolute Gasteiger partial charge is 0.255 e. The van der Waals surface area contributed by atoms with Crippen molar-refractivity contribution in [3.05, 3.63) is 95.1 Å². The maximum Gasteiger partial charge on any atom is 0.255 e. The highest BCUT2D eigenvalue weighted by Gasteiger charge is 2.34. The van der Waals surface area contributed by atoms with E-state index >= 15 is 0 Å². The lowest BCUT2D eigenvalue weighted by Gasteiger charge is -2.25. The molecule has 1 atom stereocenters. The minimum atomic E-state index is -0.130. The van der Waals surface area contributed by atoms with Crippen molar-refractivity contribution in [2.24, 2.45) is 0 Å². The monoisotopic (exact) mass is 444 g/mol. The van der Waals surface area contributed by atoms with Crippen LogP contribution in [0.2, 0.25) is 0 Å². The number of aryl methyl sites for hydroxylation is 2. The molecule has 1 saturated heterocycles. The van der Waals surface area contributed by atoms with E-state index in [2.05, 4.69) is 12.2 Å². The van der Waals surface area contributed by atoms with Gasteiger partial charge in [-0.05, 0) is 67.3 Å². The Bertz CT molecular complexity index is 1090. The Kier molecular flexibility index (Phi) is 6.96. The van der Waals surface area contributed by atoms with Crippen LogP contribution in [0.3, 0.4) is 0 Å². The minimum Gasteiger partial charge on any atom is -0.322 e. The molecule has 0 aliphatic carbocycles. The molecule has 0 saturated carbocycles. The lowest BCUT2D eigenvalue weighted by Crippen LogP contribution is -2.27. The van der Waals surface area contributed by atoms with Crippen LogP contribution in [0.15, 0.2) is 72.8 Å². The summed E-state index contributed by atoms with van der Waals surface area (Å²) >= 11 is 1.61. The molecule has 0 aromatic heterocycles. The fraction of sp³-hybridized carbons (Fsp3) is 0.259. The molecular weight excluding hydrogens is 416 g/mol. The third kappa shape index (κ3) is 5.05. The summed E-state index contributed by atoms with van der Waals surface area (Å²) in [5, 5.41) is 2.90. The summed E-state index contributed by atoms with van der Waals surface area (Å²) < 4.78 is 0. The average Bonchev–Trinajstić information content (AvgIpc) is 3.20. The number of hydrogen-bond donors (Lipinski definition) is 1. The van der Waals surface area contributed by atoms with Crippen LogP contribution < -0.4 is 10.2 Å². The molecule has 0 bridgehead atoms. The van der Waals surface area contributed by atoms with Crippen molar-refractivity contribution in [2.45, 2.75) is 38.5 Å². The van der Waals surface area contributed by atoms with Crippen LogP contribution in [0.25, 0.3) is 0 Å². The molecule has 5 heteroatoms. The van der Waals surface area contributed by atoms with E-state index in [1.54, 1.807) is 11.8 Å². The zero-order chi connectivity index (χ0) is 22.5. The number of amides is 2. The van der Waals surface area contributed by atoms with E-state index in [1.807, 2.05) is 84.6 Å². The first kappa shape index (κ1) is 22.2. The van der Waals surface area contributed by atoms with Crippen LogP contribution in [0.1, 0.15) is 52.2 Å². The van der Waals surface area contributed by atoms with Gasteiger partial charge in [-0.2, -0.15) is 0 Å². The number of unbranched alkanes of at least 4 members (excludes halogenated alkanes) is 1. The van der Waals surface area contributed by atoms with Crippen molar-refractivity contribution in [3.8, 4) is 0 Å². The number of thioether (sulfide) groups is 1. The molecular formula is C27H28N2O2S. The van der Waals surface area contributed by atoms with Crippen LogP contribution in [0.5, 0.6) is 0 Å². The lowest BCUT2D eigenvalue weighted by atomic mass is 10.1. The number of nitrogens with one attached hydrogen (secondary N) is 1. The molecule has 4 rings (SSSR count). The van der Waals surface area contributed by atoms with Crippen molar-refractivity contribution in [1.29, 1.82) is 0 Å². The second kappa shape index (κ2) is 10.0. The van der Waals surface area contributed by atoms with Gasteiger partial charge < -0.3 is 5.32 Å². The molecule has 1 unspecified atom stereocenters. The molecule has 1 aliphatic rings. The largest absolute Gasteiger partial charge is 0.322 e. The van der Waals surface area contributed by atoms with E-state index in [9.17, 15) is 9.59 Å². The molecule has 3 aromatic rings. The fourth-order valence-electron chi connectivity index (χ4n) is 3.83. The lowest BCUT2D eigenvalue weighted by molar-refractivity contribution is -0.115. The van der Waals surface area contributed by atoms with Crippen molar-refractivity contribution in [3.63, 3.8) is 0 Å². The van der Waals surface area contributed by atoms with Gasteiger partial charge in [0.1, 0.15) is 5.37 Å². The Morgan fingerprint density at radius 3 is 2.53 bits per heavy atom. The van der Waals surface area contributed by atoms with Crippen LogP contribution >= 0.6 is 11.8 Å². The average molecular weight is 445 g/mol. The molecule has 1 fully saturated rings. The third-order valence-corrected chi connectivity index (χ3v) is 6.86. The van der Waals surface area contributed by atoms with Crippen molar-refractivity contribution >= 4 is 35.0 Å². The first-order chi connectivity index (χ1) is 15.5. The molecule has 1 N–H and O–H groups in total. The predicted molar refractivity (Wildman–Crippen MR) is 133 cm³/mol. The molecule has 1 aliphatic heterocycles. The van der Waals surface area contributed by atoms with Crippen LogP contribution in [0, 0.1) is 6.92 Å². The summed E-state index contributed by atoms with van der Waals surface area (Å²) in [5.41, 5.74) is 5.67. The Hall–Kier alpha value is -3.05. The Morgan fingerprint density at radius 1 is 1.06 bits per heavy atom. The normalized spacial score (nSPS) is 15.8. The van der Waals surface area contributed by atoms with E-state index in [0.717, 1.165) is 41.8 Å². The number of anilines is 2. The molecule has 2 amide bonds. The predicted octanol–water partition coefficient (Wildman–Crippen LogP) is 6.37. The fourth-order valence-corrected chi connectivity index (χ4v) is 5.00. The summed E-state index contributed by atoms with van der Waals surface area (Å²) in [6.45, 7) is 4.21. The van der Waals surface area contributed by atoms with Crippen molar-refractivity contribution in [2.75, 3.05) is 16.0 Å². The summed E-state index contributed by atoms with van der Waals surface area (Å²) in [6, 6.07) is 23.6. The second-order valence-corrected chi connectivity index (χ2v) is 9.21. The zero-order valence-corrected chi connectivity index (χ0v) is 19.3. The van der Waals surface area contributed by atoms with Gasteiger partial charge in [0, 0.05) is 16.9 Å². The van der Waals surface area contributed by atoms with Crippen LogP contribution in [-0.2, 0) is 11.2 Å². The van der Waals surface area contributed by atoms with Gasteiger partial charge in [-0.3, -0.25) is 14.5 Å². The van der Waals surface area contributed by atoms with Gasteiger partial charge >= 0.3 is 0 Å². The topological polar surface area (TPSA) is 49.4 Å². The standard InChI is InChI=1S/C27H28N2O2S/c1-3-4-6-20-11-13-21(14-12-20)26(31)28-23-8-5-7-22(17-23)27-29(25(30)18-32-27)24-15-9-19(2)10-16-24/h5,7-17,27H,3-4,6,18H2,1-2H3,(H,28,31). The van der Waals surface area contributed by atoms with Gasteiger partial charge in [0.05, 0.1) is 5.75 Å². The number of carbonyl (C=O) groups excluding carboxylic acids is 2. The Labute approximate surface area is 194 Å². The van der Waals surface area contributed by atoms with E-state index in [-0.39, 0.29) is 17.2 Å². The number of benzene rings is 3. The van der Waals surface area contributed by atoms with Gasteiger partial charge in [0.2, 0.25) is 5.91 Å². The summed E-state index contributed by atoms with van der Waals surface area (Å²) in [5.74, 6) is 0.413. The SMILES string of the molecule is CCCCc1ccc(C(=O)Nc2cccc(C3SCC(=O)N3c3ccc(C)cc3)c2)cc1. The third-order valence-electron chi connectivity index (χ3n) is 5.64. The quantitative estimate of drug-likeness (QED) is 0.461. The van der Waals surface area contributed by atoms with Gasteiger partial charge in [-0.1, -0.05) is 55.3 Å². The van der Waals surface area contributed by atoms with Crippen LogP contribution in [-0.4, -0.2) is 17.6 Å². The number of nitrogens with zero attached hydrogens (tertiary/aromatic N) is 1. The summed E-state index contributed by atoms with van der Waals surface area (Å²) in [7, 11) is 0. The number of rotatable bonds is 7. The van der Waals surface area contributed by atoms with Crippen molar-refractivity contribution < 1.29 is 9.59 Å². The Morgan fingerprint density at radius 2 is 1.81 bits per heavy atom. The maximum atomic E-state index is 12.8. The highest BCUT2D eigenvalue weighted by atomic mass is 32.2. The highest BCUT2D eigenvalue weighted by molar-refractivity contribution is 8.00. The van der Waals surface area contributed by atoms with E-state index in [4.69, 9.17) is 0 Å². The van der Waals surface area contributed by atoms with Gasteiger partial charge in [0.15, 0.2) is 0 Å². The van der Waals surface area contributed by atoms with E-state index in [0.29, 0.717) is 11.3 Å². The maximum absolute atomic E-state index is 12.8. The first-order valence-electron chi connectivity index (χ1n) is 11.1. The molecule has 32 heavy (non-hydrogen) atoms. The molecule has 4 nitrogen and oxygen atoms in total. The molecule has 1 heterocycles. The Balaban J connectivity index is 1.50.